The summed E-state index contributed by atoms with van der Waals surface area (Å²) in [5.41, 5.74) is 0. The molecule has 0 saturated carbocycles. The first-order chi connectivity index (χ1) is 4.81. The topological polar surface area (TPSA) is 66.4 Å². The van der Waals surface area contributed by atoms with Crippen molar-refractivity contribution in [3.8, 4) is 0 Å². The molecule has 0 aliphatic heterocycles. The standard InChI is InChI=1S/C5H12ClNO3S/c1-5(2,3-4-7-6)11(8,9)10/h7H,3-4H2,1-2H3,(H,8,9,10). The summed E-state index contributed by atoms with van der Waals surface area (Å²) in [6, 6.07) is 0. The molecule has 0 aromatic carbocycles. The third-order valence-corrected chi connectivity index (χ3v) is 3.31. The van der Waals surface area contributed by atoms with E-state index < -0.39 is 14.9 Å². The van der Waals surface area contributed by atoms with Crippen LogP contribution in [0, 0.1) is 0 Å². The van der Waals surface area contributed by atoms with Gasteiger partial charge in [0.1, 0.15) is 0 Å². The Morgan fingerprint density at radius 2 is 2.00 bits per heavy atom. The molecule has 0 aromatic rings. The van der Waals surface area contributed by atoms with E-state index in [0.29, 0.717) is 6.54 Å². The summed E-state index contributed by atoms with van der Waals surface area (Å²) in [6.45, 7) is 3.22. The van der Waals surface area contributed by atoms with Gasteiger partial charge in [0.2, 0.25) is 0 Å². The fraction of sp³-hybridized carbons (Fsp3) is 1.00. The van der Waals surface area contributed by atoms with Crippen molar-refractivity contribution in [2.45, 2.75) is 25.0 Å². The summed E-state index contributed by atoms with van der Waals surface area (Å²) in [6.07, 6.45) is 0.273. The van der Waals surface area contributed by atoms with Crippen LogP contribution in [0.2, 0.25) is 0 Å². The van der Waals surface area contributed by atoms with Crippen LogP contribution in [-0.4, -0.2) is 24.3 Å². The highest BCUT2D eigenvalue weighted by atomic mass is 35.5. The van der Waals surface area contributed by atoms with E-state index in [1.54, 1.807) is 0 Å². The third-order valence-electron chi connectivity index (χ3n) is 1.52. The van der Waals surface area contributed by atoms with Gasteiger partial charge >= 0.3 is 0 Å². The fourth-order valence-corrected chi connectivity index (χ4v) is 0.932. The van der Waals surface area contributed by atoms with Crippen LogP contribution in [0.5, 0.6) is 0 Å². The van der Waals surface area contributed by atoms with Gasteiger partial charge in [-0.05, 0) is 32.0 Å². The Hall–Kier alpha value is 0.160. The molecule has 4 nitrogen and oxygen atoms in total. The summed E-state index contributed by atoms with van der Waals surface area (Å²) >= 11 is 5.13. The third kappa shape index (κ3) is 3.37. The van der Waals surface area contributed by atoms with Crippen molar-refractivity contribution in [3.63, 3.8) is 0 Å². The molecule has 0 rings (SSSR count). The van der Waals surface area contributed by atoms with Gasteiger partial charge < -0.3 is 0 Å². The zero-order chi connectivity index (χ0) is 9.12. The second-order valence-corrected chi connectivity index (χ2v) is 5.19. The number of hydrogen-bond donors (Lipinski definition) is 2. The number of nitrogens with one attached hydrogen (secondary N) is 1. The van der Waals surface area contributed by atoms with Crippen LogP contribution >= 0.6 is 11.8 Å². The molecule has 0 radical (unpaired) electrons. The molecule has 0 saturated heterocycles. The highest BCUT2D eigenvalue weighted by molar-refractivity contribution is 7.87. The minimum Gasteiger partial charge on any atom is -0.285 e. The molecule has 6 heteroatoms. The second-order valence-electron chi connectivity index (χ2n) is 2.87. The Morgan fingerprint density at radius 3 is 2.27 bits per heavy atom. The van der Waals surface area contributed by atoms with E-state index in [2.05, 4.69) is 4.84 Å². The van der Waals surface area contributed by atoms with Crippen LogP contribution in [-0.2, 0) is 10.1 Å². The molecule has 0 aromatic heterocycles. The highest BCUT2D eigenvalue weighted by Gasteiger charge is 2.31. The molecule has 0 aliphatic rings. The predicted octanol–water partition coefficient (Wildman–Crippen LogP) is 0.786. The normalized spacial score (nSPS) is 13.5. The van der Waals surface area contributed by atoms with E-state index in [1.807, 2.05) is 0 Å². The van der Waals surface area contributed by atoms with Gasteiger partial charge in [-0.1, -0.05) is 0 Å². The van der Waals surface area contributed by atoms with Gasteiger partial charge in [-0.2, -0.15) is 8.42 Å². The molecule has 0 bridgehead atoms. The lowest BCUT2D eigenvalue weighted by molar-refractivity contribution is 0.431. The van der Waals surface area contributed by atoms with Crippen LogP contribution < -0.4 is 4.84 Å². The maximum Gasteiger partial charge on any atom is 0.270 e. The van der Waals surface area contributed by atoms with E-state index in [4.69, 9.17) is 16.3 Å². The summed E-state index contributed by atoms with van der Waals surface area (Å²) in [5, 5.41) is 0. The van der Waals surface area contributed by atoms with Crippen molar-refractivity contribution in [2.24, 2.45) is 0 Å². The van der Waals surface area contributed by atoms with Crippen LogP contribution in [0.3, 0.4) is 0 Å². The highest BCUT2D eigenvalue weighted by Crippen LogP contribution is 2.18. The molecule has 2 N–H and O–H groups in total. The maximum absolute atomic E-state index is 10.6. The van der Waals surface area contributed by atoms with Crippen molar-refractivity contribution in [1.82, 2.24) is 4.84 Å². The zero-order valence-corrected chi connectivity index (χ0v) is 8.04. The lowest BCUT2D eigenvalue weighted by atomic mass is 10.1. The maximum atomic E-state index is 10.6. The first-order valence-electron chi connectivity index (χ1n) is 3.12. The minimum atomic E-state index is -3.97. The van der Waals surface area contributed by atoms with E-state index in [-0.39, 0.29) is 6.42 Å². The molecule has 0 fully saturated rings. The Bertz CT molecular complexity index is 212. The lowest BCUT2D eigenvalue weighted by Crippen LogP contribution is -2.33. The largest absolute Gasteiger partial charge is 0.285 e. The SMILES string of the molecule is CC(C)(CCNCl)S(=O)(=O)O. The van der Waals surface area contributed by atoms with Crippen molar-refractivity contribution in [3.05, 3.63) is 0 Å². The Morgan fingerprint density at radius 1 is 1.55 bits per heavy atom. The van der Waals surface area contributed by atoms with E-state index in [1.165, 1.54) is 13.8 Å². The zero-order valence-electron chi connectivity index (χ0n) is 6.46. The monoisotopic (exact) mass is 201 g/mol. The molecule has 11 heavy (non-hydrogen) atoms. The van der Waals surface area contributed by atoms with Gasteiger partial charge in [-0.15, -0.1) is 0 Å². The first-order valence-corrected chi connectivity index (χ1v) is 4.93. The molecule has 68 valence electrons. The predicted molar refractivity (Wildman–Crippen MR) is 44.1 cm³/mol. The van der Waals surface area contributed by atoms with Gasteiger partial charge in [0.05, 0.1) is 4.75 Å². The Balaban J connectivity index is 4.24. The van der Waals surface area contributed by atoms with E-state index in [9.17, 15) is 8.42 Å². The molecule has 0 aliphatic carbocycles. The lowest BCUT2D eigenvalue weighted by Gasteiger charge is -2.19. The van der Waals surface area contributed by atoms with Crippen LogP contribution in [0.1, 0.15) is 20.3 Å². The Kier molecular flexibility index (Phi) is 3.76. The van der Waals surface area contributed by atoms with Crippen molar-refractivity contribution in [1.29, 1.82) is 0 Å². The first kappa shape index (κ1) is 11.2. The average Bonchev–Trinajstić information content (AvgIpc) is 1.81. The summed E-state index contributed by atoms with van der Waals surface area (Å²) in [7, 11) is -3.97. The molecule has 0 unspecified atom stereocenters. The molecule has 0 heterocycles. The van der Waals surface area contributed by atoms with Crippen molar-refractivity contribution in [2.75, 3.05) is 6.54 Å². The molecular formula is C5H12ClNO3S. The number of hydrogen-bond acceptors (Lipinski definition) is 3. The van der Waals surface area contributed by atoms with Crippen molar-refractivity contribution < 1.29 is 13.0 Å². The van der Waals surface area contributed by atoms with E-state index in [0.717, 1.165) is 0 Å². The van der Waals surface area contributed by atoms with Crippen LogP contribution in [0.4, 0.5) is 0 Å². The summed E-state index contributed by atoms with van der Waals surface area (Å²) in [4.78, 5) is 2.29. The molecular weight excluding hydrogens is 190 g/mol. The Labute approximate surface area is 71.8 Å². The van der Waals surface area contributed by atoms with Gasteiger partial charge in [0.25, 0.3) is 10.1 Å². The minimum absolute atomic E-state index is 0.273. The van der Waals surface area contributed by atoms with E-state index >= 15 is 0 Å². The smallest absolute Gasteiger partial charge is 0.270 e. The second kappa shape index (κ2) is 3.71. The van der Waals surface area contributed by atoms with Gasteiger partial charge in [-0.3, -0.25) is 4.55 Å². The summed E-state index contributed by atoms with van der Waals surface area (Å²) in [5.74, 6) is 0. The number of halogens is 1. The van der Waals surface area contributed by atoms with Gasteiger partial charge in [-0.25, -0.2) is 4.84 Å². The van der Waals surface area contributed by atoms with Gasteiger partial charge in [0.15, 0.2) is 0 Å². The summed E-state index contributed by atoms with van der Waals surface area (Å²) < 4.78 is 28.8. The average molecular weight is 202 g/mol. The van der Waals surface area contributed by atoms with Crippen LogP contribution in [0.25, 0.3) is 0 Å². The molecule has 0 amide bonds. The quantitative estimate of drug-likeness (QED) is 0.521. The fourth-order valence-electron chi connectivity index (χ4n) is 0.477. The molecule has 0 atom stereocenters. The van der Waals surface area contributed by atoms with Crippen molar-refractivity contribution >= 4 is 21.9 Å². The number of rotatable bonds is 4. The molecule has 0 spiro atoms. The van der Waals surface area contributed by atoms with Gasteiger partial charge in [0, 0.05) is 6.54 Å². The van der Waals surface area contributed by atoms with Crippen LogP contribution in [0.15, 0.2) is 0 Å².